The minimum absolute atomic E-state index is 0.0196. The number of hydrogen-bond donors (Lipinski definition) is 1. The first-order valence-electron chi connectivity index (χ1n) is 8.80. The number of amides is 1. The number of alkyl halides is 2. The zero-order valence-corrected chi connectivity index (χ0v) is 15.8. The van der Waals surface area contributed by atoms with Crippen LogP contribution in [0.5, 0.6) is 5.75 Å². The highest BCUT2D eigenvalue weighted by atomic mass is 32.2. The SMILES string of the molecule is O=C(SCCNC(=O)C1CN1Cc1cccc(OC(F)F)c1)c1ccccc1. The normalized spacial score (nSPS) is 18.0. The molecule has 2 aromatic carbocycles. The highest BCUT2D eigenvalue weighted by Crippen LogP contribution is 2.24. The van der Waals surface area contributed by atoms with E-state index in [9.17, 15) is 18.4 Å². The molecule has 1 N–H and O–H groups in total. The summed E-state index contributed by atoms with van der Waals surface area (Å²) in [5.41, 5.74) is 1.45. The fourth-order valence-corrected chi connectivity index (χ4v) is 3.44. The van der Waals surface area contributed by atoms with Gasteiger partial charge < -0.3 is 10.1 Å². The lowest BCUT2D eigenvalue weighted by Crippen LogP contribution is -2.31. The molecule has 2 atom stereocenters. The molecule has 28 heavy (non-hydrogen) atoms. The standard InChI is InChI=1S/C20H20F2N2O3S/c21-20(22)27-16-8-4-5-14(11-16)12-24-13-17(24)18(25)23-9-10-28-19(26)15-6-2-1-3-7-15/h1-8,11,17,20H,9-10,12-13H2,(H,23,25). The summed E-state index contributed by atoms with van der Waals surface area (Å²) in [7, 11) is 0. The van der Waals surface area contributed by atoms with Gasteiger partial charge in [-0.15, -0.1) is 0 Å². The Balaban J connectivity index is 1.36. The zero-order valence-electron chi connectivity index (χ0n) is 15.0. The molecule has 0 aromatic heterocycles. The van der Waals surface area contributed by atoms with Gasteiger partial charge in [0.1, 0.15) is 11.8 Å². The average molecular weight is 406 g/mol. The fraction of sp³-hybridized carbons (Fsp3) is 0.300. The third kappa shape index (κ3) is 6.03. The van der Waals surface area contributed by atoms with Crippen LogP contribution in [0.1, 0.15) is 15.9 Å². The highest BCUT2D eigenvalue weighted by molar-refractivity contribution is 8.14. The summed E-state index contributed by atoms with van der Waals surface area (Å²) in [6.07, 6.45) is 0. The van der Waals surface area contributed by atoms with Crippen LogP contribution in [0.4, 0.5) is 8.78 Å². The van der Waals surface area contributed by atoms with Crippen LogP contribution in [-0.4, -0.2) is 47.4 Å². The lowest BCUT2D eigenvalue weighted by atomic mass is 10.2. The van der Waals surface area contributed by atoms with Gasteiger partial charge in [-0.25, -0.2) is 0 Å². The highest BCUT2D eigenvalue weighted by Gasteiger charge is 2.39. The maximum Gasteiger partial charge on any atom is 0.387 e. The van der Waals surface area contributed by atoms with Crippen molar-refractivity contribution in [3.63, 3.8) is 0 Å². The average Bonchev–Trinajstić information content (AvgIpc) is 3.44. The van der Waals surface area contributed by atoms with Gasteiger partial charge in [0.05, 0.1) is 0 Å². The molecule has 0 aliphatic carbocycles. The van der Waals surface area contributed by atoms with E-state index < -0.39 is 6.61 Å². The summed E-state index contributed by atoms with van der Waals surface area (Å²) in [6, 6.07) is 15.2. The molecule has 2 unspecified atom stereocenters. The van der Waals surface area contributed by atoms with E-state index in [1.165, 1.54) is 17.8 Å². The summed E-state index contributed by atoms with van der Waals surface area (Å²) in [6.45, 7) is -1.35. The molecule has 1 aliphatic rings. The lowest BCUT2D eigenvalue weighted by molar-refractivity contribution is -0.121. The summed E-state index contributed by atoms with van der Waals surface area (Å²) < 4.78 is 28.9. The number of nitrogens with zero attached hydrogens (tertiary/aromatic N) is 1. The quantitative estimate of drug-likeness (QED) is 0.512. The monoisotopic (exact) mass is 406 g/mol. The van der Waals surface area contributed by atoms with Gasteiger partial charge in [-0.3, -0.25) is 14.5 Å². The van der Waals surface area contributed by atoms with Crippen LogP contribution in [0.3, 0.4) is 0 Å². The second-order valence-corrected chi connectivity index (χ2v) is 7.33. The number of benzene rings is 2. The molecule has 3 rings (SSSR count). The maximum absolute atomic E-state index is 12.3. The van der Waals surface area contributed by atoms with E-state index in [0.29, 0.717) is 31.0 Å². The molecule has 1 saturated heterocycles. The summed E-state index contributed by atoms with van der Waals surface area (Å²) in [4.78, 5) is 26.1. The smallest absolute Gasteiger partial charge is 0.387 e. The van der Waals surface area contributed by atoms with Crippen LogP contribution in [0.15, 0.2) is 54.6 Å². The number of thioether (sulfide) groups is 1. The Kier molecular flexibility index (Phi) is 7.00. The molecule has 0 bridgehead atoms. The maximum atomic E-state index is 12.3. The van der Waals surface area contributed by atoms with E-state index in [-0.39, 0.29) is 22.8 Å². The molecule has 1 aliphatic heterocycles. The van der Waals surface area contributed by atoms with Gasteiger partial charge in [0, 0.05) is 31.0 Å². The molecule has 1 heterocycles. The van der Waals surface area contributed by atoms with Crippen LogP contribution < -0.4 is 10.1 Å². The number of halogens is 2. The summed E-state index contributed by atoms with van der Waals surface area (Å²) in [5.74, 6) is 0.516. The Bertz CT molecular complexity index is 820. The minimum Gasteiger partial charge on any atom is -0.435 e. The van der Waals surface area contributed by atoms with E-state index in [4.69, 9.17) is 0 Å². The molecule has 2 aromatic rings. The molecular formula is C20H20F2N2O3S. The predicted molar refractivity (Wildman–Crippen MR) is 104 cm³/mol. The first-order chi connectivity index (χ1) is 13.5. The molecule has 148 valence electrons. The number of carbonyl (C=O) groups excluding carboxylic acids is 2. The van der Waals surface area contributed by atoms with Crippen LogP contribution in [0.2, 0.25) is 0 Å². The van der Waals surface area contributed by atoms with E-state index in [0.717, 1.165) is 5.56 Å². The molecule has 1 amide bonds. The minimum atomic E-state index is -2.86. The van der Waals surface area contributed by atoms with E-state index >= 15 is 0 Å². The van der Waals surface area contributed by atoms with Gasteiger partial charge in [-0.05, 0) is 17.7 Å². The van der Waals surface area contributed by atoms with E-state index in [1.807, 2.05) is 23.1 Å². The van der Waals surface area contributed by atoms with Gasteiger partial charge >= 0.3 is 6.61 Å². The van der Waals surface area contributed by atoms with Gasteiger partial charge in [-0.1, -0.05) is 54.2 Å². The third-order valence-electron chi connectivity index (χ3n) is 4.17. The van der Waals surface area contributed by atoms with Crippen molar-refractivity contribution in [2.45, 2.75) is 19.2 Å². The van der Waals surface area contributed by atoms with Crippen LogP contribution >= 0.6 is 11.8 Å². The number of ether oxygens (including phenoxy) is 1. The Morgan fingerprint density at radius 1 is 1.18 bits per heavy atom. The number of nitrogens with one attached hydrogen (secondary N) is 1. The van der Waals surface area contributed by atoms with Crippen LogP contribution in [0.25, 0.3) is 0 Å². The van der Waals surface area contributed by atoms with Gasteiger partial charge in [0.15, 0.2) is 0 Å². The summed E-state index contributed by atoms with van der Waals surface area (Å²) >= 11 is 1.17. The molecule has 0 saturated carbocycles. The van der Waals surface area contributed by atoms with Crippen molar-refractivity contribution in [3.8, 4) is 5.75 Å². The van der Waals surface area contributed by atoms with Crippen molar-refractivity contribution in [1.82, 2.24) is 10.2 Å². The predicted octanol–water partition coefficient (Wildman–Crippen LogP) is 3.16. The molecular weight excluding hydrogens is 386 g/mol. The van der Waals surface area contributed by atoms with Crippen LogP contribution in [0, 0.1) is 0 Å². The number of hydrogen-bond acceptors (Lipinski definition) is 5. The van der Waals surface area contributed by atoms with E-state index in [2.05, 4.69) is 10.1 Å². The fourth-order valence-electron chi connectivity index (χ4n) is 2.75. The first-order valence-corrected chi connectivity index (χ1v) is 9.79. The van der Waals surface area contributed by atoms with Crippen molar-refractivity contribution in [3.05, 3.63) is 65.7 Å². The molecule has 5 nitrogen and oxygen atoms in total. The molecule has 1 fully saturated rings. The van der Waals surface area contributed by atoms with Gasteiger partial charge in [0.2, 0.25) is 11.0 Å². The second kappa shape index (κ2) is 9.66. The lowest BCUT2D eigenvalue weighted by Gasteiger charge is -2.08. The Morgan fingerprint density at radius 3 is 2.71 bits per heavy atom. The Morgan fingerprint density at radius 2 is 1.96 bits per heavy atom. The molecule has 8 heteroatoms. The van der Waals surface area contributed by atoms with Gasteiger partial charge in [0.25, 0.3) is 0 Å². The van der Waals surface area contributed by atoms with E-state index in [1.54, 1.807) is 30.3 Å². The third-order valence-corrected chi connectivity index (χ3v) is 5.08. The Hall–Kier alpha value is -2.45. The largest absolute Gasteiger partial charge is 0.435 e. The first kappa shape index (κ1) is 20.3. The van der Waals surface area contributed by atoms with Crippen molar-refractivity contribution in [1.29, 1.82) is 0 Å². The zero-order chi connectivity index (χ0) is 19.9. The number of rotatable bonds is 9. The van der Waals surface area contributed by atoms with Crippen molar-refractivity contribution < 1.29 is 23.1 Å². The van der Waals surface area contributed by atoms with Crippen molar-refractivity contribution in [2.75, 3.05) is 18.8 Å². The molecule has 0 radical (unpaired) electrons. The topological polar surface area (TPSA) is 58.4 Å². The molecule has 0 spiro atoms. The van der Waals surface area contributed by atoms with Crippen molar-refractivity contribution >= 4 is 22.8 Å². The second-order valence-electron chi connectivity index (χ2n) is 6.26. The summed E-state index contributed by atoms with van der Waals surface area (Å²) in [5, 5.41) is 2.81. The van der Waals surface area contributed by atoms with Gasteiger partial charge in [-0.2, -0.15) is 8.78 Å². The van der Waals surface area contributed by atoms with Crippen LogP contribution in [-0.2, 0) is 11.3 Å². The number of carbonyl (C=O) groups is 2. The Labute approximate surface area is 166 Å². The van der Waals surface area contributed by atoms with Crippen molar-refractivity contribution in [2.24, 2.45) is 0 Å².